The molecule has 1 aliphatic rings. The summed E-state index contributed by atoms with van der Waals surface area (Å²) in [4.78, 5) is 17.0. The summed E-state index contributed by atoms with van der Waals surface area (Å²) >= 11 is 0. The maximum atomic E-state index is 13.0. The lowest BCUT2D eigenvalue weighted by molar-refractivity contribution is 0.0703. The molecule has 1 aromatic carbocycles. The summed E-state index contributed by atoms with van der Waals surface area (Å²) in [5.74, 6) is 2.91. The minimum atomic E-state index is 0.0527. The van der Waals surface area contributed by atoms with E-state index in [1.165, 1.54) is 0 Å². The second kappa shape index (κ2) is 8.52. The van der Waals surface area contributed by atoms with Crippen LogP contribution in [0, 0.1) is 0 Å². The monoisotopic (exact) mass is 371 g/mol. The van der Waals surface area contributed by atoms with Gasteiger partial charge in [-0.05, 0) is 52.1 Å². The summed E-state index contributed by atoms with van der Waals surface area (Å²) in [6, 6.07) is 7.43. The lowest BCUT2D eigenvalue weighted by Gasteiger charge is -2.32. The highest BCUT2D eigenvalue weighted by atomic mass is 16.5. The van der Waals surface area contributed by atoms with Crippen molar-refractivity contribution in [2.75, 3.05) is 33.8 Å². The number of ether oxygens (including phenoxy) is 1. The van der Waals surface area contributed by atoms with Crippen LogP contribution in [0.5, 0.6) is 5.75 Å². The number of hydrogen-bond acceptors (Lipinski definition) is 5. The van der Waals surface area contributed by atoms with Crippen LogP contribution in [0.1, 0.15) is 47.7 Å². The lowest BCUT2D eigenvalue weighted by Crippen LogP contribution is -2.39. The molecule has 1 unspecified atom stereocenters. The van der Waals surface area contributed by atoms with Gasteiger partial charge in [0.25, 0.3) is 5.91 Å². The van der Waals surface area contributed by atoms with Crippen molar-refractivity contribution < 1.29 is 9.53 Å². The Balaban J connectivity index is 1.73. The fourth-order valence-corrected chi connectivity index (χ4v) is 3.59. The van der Waals surface area contributed by atoms with Gasteiger partial charge < -0.3 is 19.1 Å². The second-order valence-electron chi connectivity index (χ2n) is 7.32. The highest BCUT2D eigenvalue weighted by Gasteiger charge is 2.29. The number of carbonyl (C=O) groups excluding carboxylic acids is 1. The van der Waals surface area contributed by atoms with Crippen molar-refractivity contribution in [1.29, 1.82) is 0 Å². The average molecular weight is 371 g/mol. The molecule has 2 aromatic rings. The van der Waals surface area contributed by atoms with Gasteiger partial charge in [0.05, 0.1) is 13.2 Å². The van der Waals surface area contributed by atoms with Crippen LogP contribution in [-0.4, -0.2) is 64.3 Å². The number of benzene rings is 1. The van der Waals surface area contributed by atoms with Crippen molar-refractivity contribution in [3.8, 4) is 5.75 Å². The van der Waals surface area contributed by atoms with Gasteiger partial charge in [0.1, 0.15) is 17.4 Å². The number of nitrogens with zero attached hydrogens (tertiary/aromatic N) is 5. The summed E-state index contributed by atoms with van der Waals surface area (Å²) in [6.07, 6.45) is 1.99. The van der Waals surface area contributed by atoms with Gasteiger partial charge in [-0.25, -0.2) is 0 Å². The molecule has 0 bridgehead atoms. The number of likely N-dealkylation sites (tertiary alicyclic amines) is 1. The second-order valence-corrected chi connectivity index (χ2v) is 7.32. The predicted molar refractivity (Wildman–Crippen MR) is 104 cm³/mol. The summed E-state index contributed by atoms with van der Waals surface area (Å²) in [5.41, 5.74) is 0.674. The highest BCUT2D eigenvalue weighted by molar-refractivity contribution is 5.94. The SMILES string of the molecule is CCOc1cccc(C(=O)N2CCCC(c3nnc(CN(C)C)n3C)C2)c1. The molecule has 27 heavy (non-hydrogen) atoms. The number of amides is 1. The Morgan fingerprint density at radius 3 is 2.89 bits per heavy atom. The molecule has 0 radical (unpaired) electrons. The Hall–Kier alpha value is -2.41. The van der Waals surface area contributed by atoms with Crippen molar-refractivity contribution in [2.24, 2.45) is 7.05 Å². The van der Waals surface area contributed by atoms with Crippen LogP contribution in [0.15, 0.2) is 24.3 Å². The first-order valence-electron chi connectivity index (χ1n) is 9.54. The van der Waals surface area contributed by atoms with Gasteiger partial charge in [-0.2, -0.15) is 0 Å². The number of rotatable bonds is 6. The molecule has 3 rings (SSSR count). The van der Waals surface area contributed by atoms with Gasteiger partial charge in [0, 0.05) is 31.6 Å². The Kier molecular flexibility index (Phi) is 6.11. The molecule has 0 spiro atoms. The van der Waals surface area contributed by atoms with Crippen molar-refractivity contribution >= 4 is 5.91 Å². The molecule has 7 nitrogen and oxygen atoms in total. The molecule has 0 saturated carbocycles. The zero-order valence-electron chi connectivity index (χ0n) is 16.7. The van der Waals surface area contributed by atoms with E-state index in [-0.39, 0.29) is 11.8 Å². The van der Waals surface area contributed by atoms with Crippen molar-refractivity contribution in [3.63, 3.8) is 0 Å². The molecular weight excluding hydrogens is 342 g/mol. The Morgan fingerprint density at radius 2 is 2.15 bits per heavy atom. The first-order chi connectivity index (χ1) is 13.0. The molecule has 1 aromatic heterocycles. The van der Waals surface area contributed by atoms with Gasteiger partial charge in [0.2, 0.25) is 0 Å². The molecule has 0 aliphatic carbocycles. The van der Waals surface area contributed by atoms with E-state index in [9.17, 15) is 4.79 Å². The minimum Gasteiger partial charge on any atom is -0.494 e. The van der Waals surface area contributed by atoms with E-state index in [1.807, 2.05) is 57.2 Å². The third-order valence-electron chi connectivity index (χ3n) is 4.92. The molecular formula is C20H29N5O2. The molecule has 1 fully saturated rings. The molecule has 1 amide bonds. The summed E-state index contributed by atoms with van der Waals surface area (Å²) < 4.78 is 7.61. The van der Waals surface area contributed by atoms with E-state index in [4.69, 9.17) is 4.74 Å². The van der Waals surface area contributed by atoms with Crippen molar-refractivity contribution in [1.82, 2.24) is 24.6 Å². The van der Waals surface area contributed by atoms with Gasteiger partial charge in [-0.3, -0.25) is 4.79 Å². The number of carbonyl (C=O) groups is 1. The lowest BCUT2D eigenvalue weighted by atomic mass is 9.96. The maximum Gasteiger partial charge on any atom is 0.254 e. The van der Waals surface area contributed by atoms with E-state index < -0.39 is 0 Å². The van der Waals surface area contributed by atoms with Gasteiger partial charge in [-0.1, -0.05) is 6.07 Å². The van der Waals surface area contributed by atoms with E-state index >= 15 is 0 Å². The average Bonchev–Trinajstić information content (AvgIpc) is 3.01. The summed E-state index contributed by atoms with van der Waals surface area (Å²) in [5, 5.41) is 8.77. The normalized spacial score (nSPS) is 17.4. The number of hydrogen-bond donors (Lipinski definition) is 0. The van der Waals surface area contributed by atoms with Gasteiger partial charge >= 0.3 is 0 Å². The fourth-order valence-electron chi connectivity index (χ4n) is 3.59. The Morgan fingerprint density at radius 1 is 1.33 bits per heavy atom. The van der Waals surface area contributed by atoms with E-state index in [1.54, 1.807) is 0 Å². The topological polar surface area (TPSA) is 63.5 Å². The molecule has 146 valence electrons. The van der Waals surface area contributed by atoms with Crippen molar-refractivity contribution in [2.45, 2.75) is 32.2 Å². The zero-order valence-corrected chi connectivity index (χ0v) is 16.7. The van der Waals surface area contributed by atoms with E-state index in [0.717, 1.165) is 43.3 Å². The largest absolute Gasteiger partial charge is 0.494 e. The van der Waals surface area contributed by atoms with Crippen LogP contribution in [0.2, 0.25) is 0 Å². The van der Waals surface area contributed by atoms with Gasteiger partial charge in [-0.15, -0.1) is 10.2 Å². The molecule has 1 saturated heterocycles. The van der Waals surface area contributed by atoms with Crippen LogP contribution in [0.25, 0.3) is 0 Å². The molecule has 1 aliphatic heterocycles. The smallest absolute Gasteiger partial charge is 0.254 e. The molecule has 0 N–H and O–H groups in total. The first kappa shape index (κ1) is 19.4. The molecule has 2 heterocycles. The molecule has 1 atom stereocenters. The summed E-state index contributed by atoms with van der Waals surface area (Å²) in [7, 11) is 6.05. The quantitative estimate of drug-likeness (QED) is 0.780. The number of piperidine rings is 1. The maximum absolute atomic E-state index is 13.0. The zero-order chi connectivity index (χ0) is 19.4. The Bertz CT molecular complexity index is 786. The van der Waals surface area contributed by atoms with Crippen LogP contribution in [0.3, 0.4) is 0 Å². The third kappa shape index (κ3) is 4.47. The summed E-state index contributed by atoms with van der Waals surface area (Å²) in [6.45, 7) is 4.73. The first-order valence-corrected chi connectivity index (χ1v) is 9.54. The predicted octanol–water partition coefficient (Wildman–Crippen LogP) is 2.30. The highest BCUT2D eigenvalue weighted by Crippen LogP contribution is 2.27. The third-order valence-corrected chi connectivity index (χ3v) is 4.92. The standard InChI is InChI=1S/C20H29N5O2/c1-5-27-17-10-6-8-15(12-17)20(26)25-11-7-9-16(13-25)19-22-21-18(24(19)4)14-23(2)3/h6,8,10,12,16H,5,7,9,11,13-14H2,1-4H3. The van der Waals surface area contributed by atoms with Crippen LogP contribution >= 0.6 is 0 Å². The van der Waals surface area contributed by atoms with Crippen LogP contribution in [0.4, 0.5) is 0 Å². The van der Waals surface area contributed by atoms with Gasteiger partial charge in [0.15, 0.2) is 0 Å². The fraction of sp³-hybridized carbons (Fsp3) is 0.550. The van der Waals surface area contributed by atoms with Crippen LogP contribution in [-0.2, 0) is 13.6 Å². The number of aromatic nitrogens is 3. The minimum absolute atomic E-state index is 0.0527. The van der Waals surface area contributed by atoms with Crippen LogP contribution < -0.4 is 4.74 Å². The van der Waals surface area contributed by atoms with E-state index in [0.29, 0.717) is 18.7 Å². The van der Waals surface area contributed by atoms with Crippen molar-refractivity contribution in [3.05, 3.63) is 41.5 Å². The van der Waals surface area contributed by atoms with E-state index in [2.05, 4.69) is 19.7 Å². The Labute approximate surface area is 160 Å². The molecule has 7 heteroatoms.